The molecule has 0 aromatic heterocycles. The van der Waals surface area contributed by atoms with Crippen LogP contribution in [0.15, 0.2) is 56.2 Å². The van der Waals surface area contributed by atoms with Gasteiger partial charge in [-0.3, -0.25) is 9.69 Å². The largest absolute Gasteiger partial charge is 0.497 e. The molecule has 156 valence electrons. The number of halogens is 1. The van der Waals surface area contributed by atoms with Gasteiger partial charge in [-0.1, -0.05) is 23.4 Å². The van der Waals surface area contributed by atoms with E-state index in [1.165, 1.54) is 11.8 Å². The van der Waals surface area contributed by atoms with Gasteiger partial charge in [-0.25, -0.2) is 4.99 Å². The molecule has 0 N–H and O–H groups in total. The highest BCUT2D eigenvalue weighted by Crippen LogP contribution is 2.51. The molecule has 0 atom stereocenters. The van der Waals surface area contributed by atoms with Crippen molar-refractivity contribution in [2.45, 2.75) is 11.8 Å². The van der Waals surface area contributed by atoms with Gasteiger partial charge in [0.15, 0.2) is 5.17 Å². The van der Waals surface area contributed by atoms with Gasteiger partial charge in [0, 0.05) is 29.6 Å². The lowest BCUT2D eigenvalue weighted by atomic mass is 10.3. The van der Waals surface area contributed by atoms with E-state index in [4.69, 9.17) is 26.1 Å². The standard InChI is InChI=1S/C21H20ClN3O3S2/c1-5-25-19(26)18(20-24(2)15-11-13(27-3)7-9-17(15)29-20)30-21(25)23-14-10-12(22)6-8-16(14)28-4/h6-11H,5H2,1-4H3/b20-18-,23-21?. The molecule has 1 saturated heterocycles. The second-order valence-electron chi connectivity index (χ2n) is 6.49. The number of amides is 1. The second-order valence-corrected chi connectivity index (χ2v) is 8.94. The number of ether oxygens (including phenoxy) is 2. The van der Waals surface area contributed by atoms with Crippen LogP contribution in [-0.2, 0) is 4.79 Å². The lowest BCUT2D eigenvalue weighted by Crippen LogP contribution is -2.29. The Bertz CT molecular complexity index is 1090. The SMILES string of the molecule is CCN1C(=O)/C(=C2/Sc3ccc(OC)cc3N2C)SC1=Nc1cc(Cl)ccc1OC. The van der Waals surface area contributed by atoms with E-state index in [9.17, 15) is 4.79 Å². The van der Waals surface area contributed by atoms with Crippen molar-refractivity contribution >= 4 is 57.6 Å². The van der Waals surface area contributed by atoms with Crippen molar-refractivity contribution in [2.24, 2.45) is 4.99 Å². The van der Waals surface area contributed by atoms with Crippen LogP contribution in [0.1, 0.15) is 6.92 Å². The summed E-state index contributed by atoms with van der Waals surface area (Å²) in [4.78, 5) is 23.4. The van der Waals surface area contributed by atoms with E-state index in [2.05, 4.69) is 0 Å². The summed E-state index contributed by atoms with van der Waals surface area (Å²) in [5.74, 6) is 1.32. The van der Waals surface area contributed by atoms with Crippen molar-refractivity contribution in [2.75, 3.05) is 32.7 Å². The minimum atomic E-state index is -0.0589. The maximum Gasteiger partial charge on any atom is 0.269 e. The van der Waals surface area contributed by atoms with Crippen molar-refractivity contribution < 1.29 is 14.3 Å². The molecular formula is C21H20ClN3O3S2. The fraction of sp³-hybridized carbons (Fsp3) is 0.238. The summed E-state index contributed by atoms with van der Waals surface area (Å²) in [5, 5.41) is 2.05. The van der Waals surface area contributed by atoms with Crippen molar-refractivity contribution in [1.82, 2.24) is 4.90 Å². The monoisotopic (exact) mass is 461 g/mol. The molecule has 2 heterocycles. The number of nitrogens with zero attached hydrogens (tertiary/aromatic N) is 3. The minimum absolute atomic E-state index is 0.0589. The predicted octanol–water partition coefficient (Wildman–Crippen LogP) is 5.35. The van der Waals surface area contributed by atoms with Crippen molar-refractivity contribution in [3.63, 3.8) is 0 Å². The molecule has 0 saturated carbocycles. The number of benzene rings is 2. The van der Waals surface area contributed by atoms with Gasteiger partial charge in [0.2, 0.25) is 0 Å². The molecule has 2 aliphatic heterocycles. The first-order valence-electron chi connectivity index (χ1n) is 9.22. The number of anilines is 1. The fourth-order valence-corrected chi connectivity index (χ4v) is 5.75. The number of thioether (sulfide) groups is 2. The summed E-state index contributed by atoms with van der Waals surface area (Å²) in [7, 11) is 5.19. The number of likely N-dealkylation sites (N-methyl/N-ethyl adjacent to an activating group) is 1. The molecule has 2 aromatic rings. The maximum atomic E-state index is 13.2. The first-order chi connectivity index (χ1) is 14.5. The molecule has 0 bridgehead atoms. The van der Waals surface area contributed by atoms with Crippen molar-refractivity contribution in [1.29, 1.82) is 0 Å². The van der Waals surface area contributed by atoms with E-state index >= 15 is 0 Å². The number of rotatable bonds is 4. The number of methoxy groups -OCH3 is 2. The van der Waals surface area contributed by atoms with Crippen LogP contribution in [0, 0.1) is 0 Å². The Morgan fingerprint density at radius 2 is 1.90 bits per heavy atom. The summed E-state index contributed by atoms with van der Waals surface area (Å²) >= 11 is 9.09. The fourth-order valence-electron chi connectivity index (χ4n) is 3.20. The van der Waals surface area contributed by atoms with Gasteiger partial charge in [0.05, 0.1) is 24.9 Å². The van der Waals surface area contributed by atoms with Crippen LogP contribution in [0.3, 0.4) is 0 Å². The summed E-state index contributed by atoms with van der Waals surface area (Å²) in [6.45, 7) is 2.45. The number of aliphatic imine (C=N–C) groups is 1. The second kappa shape index (κ2) is 8.45. The quantitative estimate of drug-likeness (QED) is 0.572. The summed E-state index contributed by atoms with van der Waals surface area (Å²) < 4.78 is 10.7. The minimum Gasteiger partial charge on any atom is -0.497 e. The smallest absolute Gasteiger partial charge is 0.269 e. The highest BCUT2D eigenvalue weighted by Gasteiger charge is 2.38. The average Bonchev–Trinajstić information content (AvgIpc) is 3.23. The Balaban J connectivity index is 1.74. The van der Waals surface area contributed by atoms with Crippen LogP contribution >= 0.6 is 35.1 Å². The van der Waals surface area contributed by atoms with Gasteiger partial charge < -0.3 is 14.4 Å². The Kier molecular flexibility index (Phi) is 5.90. The zero-order valence-corrected chi connectivity index (χ0v) is 19.3. The van der Waals surface area contributed by atoms with Crippen LogP contribution in [0.4, 0.5) is 11.4 Å². The Morgan fingerprint density at radius 3 is 2.60 bits per heavy atom. The van der Waals surface area contributed by atoms with E-state index in [0.29, 0.717) is 33.1 Å². The molecule has 0 spiro atoms. The third kappa shape index (κ3) is 3.64. The molecular weight excluding hydrogens is 442 g/mol. The van der Waals surface area contributed by atoms with Gasteiger partial charge in [-0.15, -0.1) is 0 Å². The van der Waals surface area contributed by atoms with Crippen molar-refractivity contribution in [3.8, 4) is 11.5 Å². The molecule has 0 aliphatic carbocycles. The van der Waals surface area contributed by atoms with Gasteiger partial charge in [0.1, 0.15) is 22.1 Å². The third-order valence-corrected chi connectivity index (χ3v) is 7.44. The van der Waals surface area contributed by atoms with Gasteiger partial charge in [-0.05, 0) is 49.0 Å². The Morgan fingerprint density at radius 1 is 1.10 bits per heavy atom. The molecule has 9 heteroatoms. The topological polar surface area (TPSA) is 54.4 Å². The molecule has 4 rings (SSSR count). The van der Waals surface area contributed by atoms with E-state index in [0.717, 1.165) is 21.4 Å². The first kappa shape index (κ1) is 21.0. The van der Waals surface area contributed by atoms with Gasteiger partial charge in [-0.2, -0.15) is 0 Å². The van der Waals surface area contributed by atoms with Crippen LogP contribution in [0.2, 0.25) is 5.02 Å². The first-order valence-corrected chi connectivity index (χ1v) is 11.2. The lowest BCUT2D eigenvalue weighted by Gasteiger charge is -2.15. The molecule has 1 fully saturated rings. The summed E-state index contributed by atoms with van der Waals surface area (Å²) in [5.41, 5.74) is 1.60. The summed E-state index contributed by atoms with van der Waals surface area (Å²) in [6, 6.07) is 11.2. The van der Waals surface area contributed by atoms with E-state index in [1.807, 2.05) is 37.1 Å². The molecule has 6 nitrogen and oxygen atoms in total. The maximum absolute atomic E-state index is 13.2. The zero-order valence-electron chi connectivity index (χ0n) is 16.9. The zero-order chi connectivity index (χ0) is 21.4. The highest BCUT2D eigenvalue weighted by molar-refractivity contribution is 8.19. The average molecular weight is 462 g/mol. The third-order valence-electron chi connectivity index (χ3n) is 4.77. The molecule has 2 aliphatic rings. The van der Waals surface area contributed by atoms with Crippen LogP contribution in [0.5, 0.6) is 11.5 Å². The lowest BCUT2D eigenvalue weighted by molar-refractivity contribution is -0.122. The molecule has 2 aromatic carbocycles. The molecule has 0 unspecified atom stereocenters. The molecule has 0 radical (unpaired) electrons. The normalized spacial score (nSPS) is 19.6. The van der Waals surface area contributed by atoms with Crippen LogP contribution < -0.4 is 14.4 Å². The Hall–Kier alpha value is -2.29. The highest BCUT2D eigenvalue weighted by atomic mass is 35.5. The number of carbonyl (C=O) groups excluding carboxylic acids is 1. The van der Waals surface area contributed by atoms with E-state index < -0.39 is 0 Å². The van der Waals surface area contributed by atoms with E-state index in [1.54, 1.807) is 49.1 Å². The number of hydrogen-bond acceptors (Lipinski definition) is 7. The molecule has 30 heavy (non-hydrogen) atoms. The Labute approximate surface area is 188 Å². The number of fused-ring (bicyclic) bond motifs is 1. The summed E-state index contributed by atoms with van der Waals surface area (Å²) in [6.07, 6.45) is 0. The number of carbonyl (C=O) groups is 1. The predicted molar refractivity (Wildman–Crippen MR) is 124 cm³/mol. The van der Waals surface area contributed by atoms with Crippen LogP contribution in [0.25, 0.3) is 0 Å². The molecule has 1 amide bonds. The van der Waals surface area contributed by atoms with E-state index in [-0.39, 0.29) is 5.91 Å². The van der Waals surface area contributed by atoms with Gasteiger partial charge in [0.25, 0.3) is 5.91 Å². The van der Waals surface area contributed by atoms with Crippen LogP contribution in [-0.4, -0.2) is 43.8 Å². The number of hydrogen-bond donors (Lipinski definition) is 0. The van der Waals surface area contributed by atoms with Crippen molar-refractivity contribution in [3.05, 3.63) is 51.4 Å². The van der Waals surface area contributed by atoms with Gasteiger partial charge >= 0.3 is 0 Å². The number of amidine groups is 1.